The molecular weight excluding hydrogens is 362 g/mol. The number of nitrogens with zero attached hydrogens (tertiary/aromatic N) is 2. The van der Waals surface area contributed by atoms with E-state index in [2.05, 4.69) is 10.3 Å². The summed E-state index contributed by atoms with van der Waals surface area (Å²) < 4.78 is 26.7. The van der Waals surface area contributed by atoms with Crippen molar-refractivity contribution in [2.45, 2.75) is 25.7 Å². The summed E-state index contributed by atoms with van der Waals surface area (Å²) >= 11 is 6.08. The van der Waals surface area contributed by atoms with Gasteiger partial charge in [-0.1, -0.05) is 25.4 Å². The minimum Gasteiger partial charge on any atom is -0.320 e. The summed E-state index contributed by atoms with van der Waals surface area (Å²) in [7, 11) is -3.76. The van der Waals surface area contributed by atoms with Crippen molar-refractivity contribution in [3.63, 3.8) is 0 Å². The number of anilines is 1. The van der Waals surface area contributed by atoms with Gasteiger partial charge in [-0.05, 0) is 36.8 Å². The van der Waals surface area contributed by atoms with Crippen LogP contribution in [-0.2, 0) is 10.0 Å². The van der Waals surface area contributed by atoms with E-state index in [1.54, 1.807) is 26.1 Å². The predicted molar refractivity (Wildman–Crippen MR) is 98.5 cm³/mol. The largest absolute Gasteiger partial charge is 0.320 e. The van der Waals surface area contributed by atoms with Crippen LogP contribution in [0.2, 0.25) is 5.02 Å². The molecule has 1 aromatic heterocycles. The molecule has 0 aliphatic carbocycles. The third-order valence-corrected chi connectivity index (χ3v) is 6.34. The van der Waals surface area contributed by atoms with Gasteiger partial charge in [0.05, 0.1) is 16.9 Å². The maximum Gasteiger partial charge on any atom is 0.255 e. The van der Waals surface area contributed by atoms with Gasteiger partial charge in [0, 0.05) is 24.8 Å². The molecule has 0 radical (unpaired) electrons. The Morgan fingerprint density at radius 1 is 1.24 bits per heavy atom. The molecule has 2 rings (SSSR count). The fourth-order valence-corrected chi connectivity index (χ4v) is 4.29. The Bertz CT molecular complexity index is 880. The number of carbonyl (C=O) groups is 1. The highest BCUT2D eigenvalue weighted by molar-refractivity contribution is 7.89. The van der Waals surface area contributed by atoms with Crippen molar-refractivity contribution in [1.82, 2.24) is 9.29 Å². The lowest BCUT2D eigenvalue weighted by Crippen LogP contribution is -2.31. The van der Waals surface area contributed by atoms with Gasteiger partial charge in [0.1, 0.15) is 4.90 Å². The van der Waals surface area contributed by atoms with E-state index in [0.717, 1.165) is 5.56 Å². The van der Waals surface area contributed by atoms with Crippen molar-refractivity contribution < 1.29 is 13.2 Å². The Morgan fingerprint density at radius 2 is 1.92 bits per heavy atom. The number of benzene rings is 1. The first kappa shape index (κ1) is 19.4. The fraction of sp³-hybridized carbons (Fsp3) is 0.294. The Labute approximate surface area is 152 Å². The average molecular weight is 382 g/mol. The molecule has 6 nitrogen and oxygen atoms in total. The second-order valence-corrected chi connectivity index (χ2v) is 7.69. The van der Waals surface area contributed by atoms with E-state index in [4.69, 9.17) is 11.6 Å². The van der Waals surface area contributed by atoms with Crippen LogP contribution < -0.4 is 5.32 Å². The molecule has 134 valence electrons. The topological polar surface area (TPSA) is 79.4 Å². The smallest absolute Gasteiger partial charge is 0.255 e. The van der Waals surface area contributed by atoms with E-state index in [1.165, 1.54) is 28.7 Å². The third-order valence-electron chi connectivity index (χ3n) is 3.80. The zero-order valence-corrected chi connectivity index (χ0v) is 15.9. The number of nitrogens with one attached hydrogen (secondary N) is 1. The number of amides is 1. The van der Waals surface area contributed by atoms with Crippen LogP contribution in [-0.4, -0.2) is 36.7 Å². The number of aryl methyl sites for hydroxylation is 1. The summed E-state index contributed by atoms with van der Waals surface area (Å²) in [5.41, 5.74) is 1.63. The number of pyridine rings is 1. The highest BCUT2D eigenvalue weighted by Crippen LogP contribution is 2.26. The van der Waals surface area contributed by atoms with E-state index in [9.17, 15) is 13.2 Å². The van der Waals surface area contributed by atoms with Crippen molar-refractivity contribution in [2.75, 3.05) is 18.4 Å². The van der Waals surface area contributed by atoms with Crippen LogP contribution in [0.15, 0.2) is 41.6 Å². The van der Waals surface area contributed by atoms with Crippen molar-refractivity contribution >= 4 is 33.2 Å². The van der Waals surface area contributed by atoms with Gasteiger partial charge < -0.3 is 5.32 Å². The second-order valence-electron chi connectivity index (χ2n) is 5.38. The van der Waals surface area contributed by atoms with Gasteiger partial charge in [0.15, 0.2) is 0 Å². The standard InChI is InChI=1S/C17H20ClN3O3S/c1-4-21(5-2)25(23,24)16-10-13(6-7-14(16)18)17(22)20-15-11-19-9-8-12(15)3/h6-11H,4-5H2,1-3H3,(H,20,22). The predicted octanol–water partition coefficient (Wildman–Crippen LogP) is 3.33. The maximum absolute atomic E-state index is 12.7. The molecular formula is C17H20ClN3O3S. The maximum atomic E-state index is 12.7. The Hall–Kier alpha value is -1.96. The zero-order valence-electron chi connectivity index (χ0n) is 14.3. The molecule has 0 aliphatic heterocycles. The minimum absolute atomic E-state index is 0.0755. The highest BCUT2D eigenvalue weighted by Gasteiger charge is 2.25. The highest BCUT2D eigenvalue weighted by atomic mass is 35.5. The van der Waals surface area contributed by atoms with Gasteiger partial charge in [-0.15, -0.1) is 0 Å². The molecule has 1 heterocycles. The van der Waals surface area contributed by atoms with E-state index >= 15 is 0 Å². The minimum atomic E-state index is -3.76. The van der Waals surface area contributed by atoms with E-state index < -0.39 is 15.9 Å². The van der Waals surface area contributed by atoms with Crippen LogP contribution >= 0.6 is 11.6 Å². The normalized spacial score (nSPS) is 11.6. The lowest BCUT2D eigenvalue weighted by molar-refractivity contribution is 0.102. The van der Waals surface area contributed by atoms with Crippen LogP contribution in [0.4, 0.5) is 5.69 Å². The van der Waals surface area contributed by atoms with Gasteiger partial charge in [-0.25, -0.2) is 8.42 Å². The molecule has 0 atom stereocenters. The number of halogens is 1. The summed E-state index contributed by atoms with van der Waals surface area (Å²) in [6.07, 6.45) is 3.17. The van der Waals surface area contributed by atoms with Crippen LogP contribution in [0.1, 0.15) is 29.8 Å². The van der Waals surface area contributed by atoms with Gasteiger partial charge >= 0.3 is 0 Å². The van der Waals surface area contributed by atoms with Gasteiger partial charge in [0.2, 0.25) is 10.0 Å². The van der Waals surface area contributed by atoms with Gasteiger partial charge in [-0.2, -0.15) is 4.31 Å². The fourth-order valence-electron chi connectivity index (χ4n) is 2.33. The third kappa shape index (κ3) is 4.18. The summed E-state index contributed by atoms with van der Waals surface area (Å²) in [5, 5.41) is 2.81. The molecule has 0 unspecified atom stereocenters. The molecule has 0 saturated heterocycles. The molecule has 0 aliphatic rings. The first-order valence-corrected chi connectivity index (χ1v) is 9.64. The molecule has 2 aromatic rings. The monoisotopic (exact) mass is 381 g/mol. The molecule has 25 heavy (non-hydrogen) atoms. The van der Waals surface area contributed by atoms with Crippen molar-refractivity contribution in [1.29, 1.82) is 0 Å². The number of rotatable bonds is 6. The van der Waals surface area contributed by atoms with Crippen LogP contribution in [0, 0.1) is 6.92 Å². The molecule has 1 N–H and O–H groups in total. The molecule has 1 aromatic carbocycles. The lowest BCUT2D eigenvalue weighted by Gasteiger charge is -2.19. The molecule has 0 spiro atoms. The quantitative estimate of drug-likeness (QED) is 0.832. The molecule has 1 amide bonds. The van der Waals surface area contributed by atoms with E-state index in [1.807, 2.05) is 6.92 Å². The van der Waals surface area contributed by atoms with E-state index in [-0.39, 0.29) is 15.5 Å². The van der Waals surface area contributed by atoms with Crippen molar-refractivity contribution in [2.24, 2.45) is 0 Å². The Kier molecular flexibility index (Phi) is 6.16. The average Bonchev–Trinajstić information content (AvgIpc) is 2.58. The second kappa shape index (κ2) is 7.95. The molecule has 0 fully saturated rings. The van der Waals surface area contributed by atoms with Crippen LogP contribution in [0.25, 0.3) is 0 Å². The number of hydrogen-bond acceptors (Lipinski definition) is 4. The molecule has 0 bridgehead atoms. The van der Waals surface area contributed by atoms with Gasteiger partial charge in [0.25, 0.3) is 5.91 Å². The SMILES string of the molecule is CCN(CC)S(=O)(=O)c1cc(C(=O)Nc2cnccc2C)ccc1Cl. The summed E-state index contributed by atoms with van der Waals surface area (Å²) in [6.45, 7) is 5.98. The number of sulfonamides is 1. The van der Waals surface area contributed by atoms with Crippen LogP contribution in [0.3, 0.4) is 0 Å². The zero-order chi connectivity index (χ0) is 18.6. The summed E-state index contributed by atoms with van der Waals surface area (Å²) in [5.74, 6) is -0.427. The summed E-state index contributed by atoms with van der Waals surface area (Å²) in [4.78, 5) is 16.4. The first-order valence-electron chi connectivity index (χ1n) is 7.82. The van der Waals surface area contributed by atoms with Gasteiger partial charge in [-0.3, -0.25) is 9.78 Å². The van der Waals surface area contributed by atoms with Crippen molar-refractivity contribution in [3.8, 4) is 0 Å². The van der Waals surface area contributed by atoms with Crippen LogP contribution in [0.5, 0.6) is 0 Å². The number of carbonyl (C=O) groups excluding carboxylic acids is 1. The molecule has 8 heteroatoms. The number of aromatic nitrogens is 1. The molecule has 0 saturated carbocycles. The number of hydrogen-bond donors (Lipinski definition) is 1. The van der Waals surface area contributed by atoms with Crippen molar-refractivity contribution in [3.05, 3.63) is 52.8 Å². The summed E-state index contributed by atoms with van der Waals surface area (Å²) in [6, 6.07) is 5.98. The Morgan fingerprint density at radius 3 is 2.52 bits per heavy atom. The van der Waals surface area contributed by atoms with E-state index in [0.29, 0.717) is 18.8 Å². The lowest BCUT2D eigenvalue weighted by atomic mass is 10.2. The first-order chi connectivity index (χ1) is 11.8. The Balaban J connectivity index is 2.39.